The number of aryl methyl sites for hydroxylation is 2. The fourth-order valence-corrected chi connectivity index (χ4v) is 4.15. The number of rotatable bonds is 5. The van der Waals surface area contributed by atoms with Crippen molar-refractivity contribution in [3.8, 4) is 0 Å². The highest BCUT2D eigenvalue weighted by Gasteiger charge is 2.36. The number of amides is 2. The zero-order valence-corrected chi connectivity index (χ0v) is 17.2. The lowest BCUT2D eigenvalue weighted by atomic mass is 10.0. The summed E-state index contributed by atoms with van der Waals surface area (Å²) in [5.74, 6) is -1.37. The van der Waals surface area contributed by atoms with E-state index in [9.17, 15) is 14.4 Å². The standard InChI is InChI=1S/C24H26N2O4/c1-2-17-9-11-20(12-10-17)26-15-19(14-22(26)27)24(29)30-16-23(28)25-13-5-7-18-6-3-4-8-21(18)25/h3-4,6,8-12,19H,2,5,7,13-16H2,1H3/t19-/m1/s1. The Morgan fingerprint density at radius 2 is 1.87 bits per heavy atom. The van der Waals surface area contributed by atoms with Crippen molar-refractivity contribution in [3.63, 3.8) is 0 Å². The second kappa shape index (κ2) is 8.69. The first kappa shape index (κ1) is 20.1. The Hall–Kier alpha value is -3.15. The van der Waals surface area contributed by atoms with Crippen LogP contribution in [0.25, 0.3) is 0 Å². The molecule has 1 saturated heterocycles. The molecule has 2 aromatic carbocycles. The Morgan fingerprint density at radius 3 is 2.63 bits per heavy atom. The van der Waals surface area contributed by atoms with Gasteiger partial charge in [-0.2, -0.15) is 0 Å². The summed E-state index contributed by atoms with van der Waals surface area (Å²) in [6, 6.07) is 15.6. The predicted molar refractivity (Wildman–Crippen MR) is 114 cm³/mol. The molecule has 2 heterocycles. The summed E-state index contributed by atoms with van der Waals surface area (Å²) in [6.07, 6.45) is 2.87. The molecule has 2 aliphatic rings. The number of ether oxygens (including phenoxy) is 1. The summed E-state index contributed by atoms with van der Waals surface area (Å²) < 4.78 is 5.32. The van der Waals surface area contributed by atoms with Crippen molar-refractivity contribution in [2.24, 2.45) is 5.92 Å². The van der Waals surface area contributed by atoms with E-state index >= 15 is 0 Å². The summed E-state index contributed by atoms with van der Waals surface area (Å²) in [4.78, 5) is 40.9. The smallest absolute Gasteiger partial charge is 0.311 e. The third kappa shape index (κ3) is 4.08. The number of nitrogens with zero attached hydrogens (tertiary/aromatic N) is 2. The SMILES string of the molecule is CCc1ccc(N2C[C@H](C(=O)OCC(=O)N3CCCc4ccccc43)CC2=O)cc1. The summed E-state index contributed by atoms with van der Waals surface area (Å²) in [5.41, 5.74) is 4.00. The van der Waals surface area contributed by atoms with Crippen molar-refractivity contribution in [1.82, 2.24) is 0 Å². The van der Waals surface area contributed by atoms with Gasteiger partial charge in [-0.05, 0) is 48.6 Å². The van der Waals surface area contributed by atoms with E-state index in [4.69, 9.17) is 4.74 Å². The maximum absolute atomic E-state index is 12.7. The van der Waals surface area contributed by atoms with E-state index in [1.807, 2.05) is 48.5 Å². The summed E-state index contributed by atoms with van der Waals surface area (Å²) in [7, 11) is 0. The van der Waals surface area contributed by atoms with E-state index in [2.05, 4.69) is 6.92 Å². The predicted octanol–water partition coefficient (Wildman–Crippen LogP) is 3.12. The molecule has 0 spiro atoms. The lowest BCUT2D eigenvalue weighted by Gasteiger charge is -2.29. The first-order chi connectivity index (χ1) is 14.6. The van der Waals surface area contributed by atoms with E-state index in [1.54, 1.807) is 9.80 Å². The summed E-state index contributed by atoms with van der Waals surface area (Å²) >= 11 is 0. The number of hydrogen-bond donors (Lipinski definition) is 0. The van der Waals surface area contributed by atoms with Crippen molar-refractivity contribution >= 4 is 29.2 Å². The minimum absolute atomic E-state index is 0.0996. The molecule has 0 N–H and O–H groups in total. The monoisotopic (exact) mass is 406 g/mol. The van der Waals surface area contributed by atoms with Crippen LogP contribution in [0.4, 0.5) is 11.4 Å². The molecule has 2 amide bonds. The van der Waals surface area contributed by atoms with Crippen LogP contribution in [0.5, 0.6) is 0 Å². The first-order valence-corrected chi connectivity index (χ1v) is 10.5. The van der Waals surface area contributed by atoms with E-state index < -0.39 is 11.9 Å². The van der Waals surface area contributed by atoms with Crippen LogP contribution < -0.4 is 9.80 Å². The van der Waals surface area contributed by atoms with Crippen LogP contribution in [0.2, 0.25) is 0 Å². The maximum atomic E-state index is 12.7. The van der Waals surface area contributed by atoms with Crippen LogP contribution in [0.15, 0.2) is 48.5 Å². The highest BCUT2D eigenvalue weighted by atomic mass is 16.5. The molecular formula is C24H26N2O4. The van der Waals surface area contributed by atoms with Crippen molar-refractivity contribution in [2.45, 2.75) is 32.6 Å². The van der Waals surface area contributed by atoms with E-state index in [0.717, 1.165) is 36.2 Å². The molecule has 0 unspecified atom stereocenters. The molecule has 2 aromatic rings. The van der Waals surface area contributed by atoms with Gasteiger partial charge in [0.2, 0.25) is 5.91 Å². The molecule has 0 bridgehead atoms. The van der Waals surface area contributed by atoms with E-state index in [-0.39, 0.29) is 31.4 Å². The van der Waals surface area contributed by atoms with Crippen LogP contribution >= 0.6 is 0 Å². The topological polar surface area (TPSA) is 66.9 Å². The number of anilines is 2. The van der Waals surface area contributed by atoms with Gasteiger partial charge < -0.3 is 14.5 Å². The molecule has 1 fully saturated rings. The van der Waals surface area contributed by atoms with Gasteiger partial charge in [-0.15, -0.1) is 0 Å². The number of hydrogen-bond acceptors (Lipinski definition) is 4. The van der Waals surface area contributed by atoms with Crippen LogP contribution in [0.1, 0.15) is 30.9 Å². The van der Waals surface area contributed by atoms with Gasteiger partial charge in [0.25, 0.3) is 5.91 Å². The van der Waals surface area contributed by atoms with Gasteiger partial charge in [0, 0.05) is 30.9 Å². The number of benzene rings is 2. The number of fused-ring (bicyclic) bond motifs is 1. The van der Waals surface area contributed by atoms with Crippen LogP contribution in [0, 0.1) is 5.92 Å². The van der Waals surface area contributed by atoms with Crippen molar-refractivity contribution in [3.05, 3.63) is 59.7 Å². The number of carbonyl (C=O) groups is 3. The molecule has 0 radical (unpaired) electrons. The second-order valence-corrected chi connectivity index (χ2v) is 7.81. The Kier molecular flexibility index (Phi) is 5.84. The molecule has 6 nitrogen and oxygen atoms in total. The Morgan fingerprint density at radius 1 is 1.10 bits per heavy atom. The van der Waals surface area contributed by atoms with Gasteiger partial charge in [-0.1, -0.05) is 37.3 Å². The van der Waals surface area contributed by atoms with E-state index in [1.165, 1.54) is 5.56 Å². The average Bonchev–Trinajstić information content (AvgIpc) is 3.18. The largest absolute Gasteiger partial charge is 0.455 e. The zero-order valence-electron chi connectivity index (χ0n) is 17.2. The summed E-state index contributed by atoms with van der Waals surface area (Å²) in [5, 5.41) is 0. The van der Waals surface area contributed by atoms with Crippen molar-refractivity contribution in [2.75, 3.05) is 29.5 Å². The first-order valence-electron chi connectivity index (χ1n) is 10.5. The lowest BCUT2D eigenvalue weighted by Crippen LogP contribution is -2.39. The van der Waals surface area contributed by atoms with Crippen LogP contribution in [-0.4, -0.2) is 37.5 Å². The highest BCUT2D eigenvalue weighted by molar-refractivity contribution is 6.00. The van der Waals surface area contributed by atoms with Crippen LogP contribution in [0.3, 0.4) is 0 Å². The molecule has 0 saturated carbocycles. The third-order valence-corrected chi connectivity index (χ3v) is 5.86. The molecular weight excluding hydrogens is 380 g/mol. The highest BCUT2D eigenvalue weighted by Crippen LogP contribution is 2.28. The minimum atomic E-state index is -0.551. The minimum Gasteiger partial charge on any atom is -0.455 e. The molecule has 156 valence electrons. The molecule has 6 heteroatoms. The fourth-order valence-electron chi connectivity index (χ4n) is 4.15. The van der Waals surface area contributed by atoms with Gasteiger partial charge in [0.1, 0.15) is 0 Å². The van der Waals surface area contributed by atoms with Gasteiger partial charge in [0.05, 0.1) is 5.92 Å². The lowest BCUT2D eigenvalue weighted by molar-refractivity contribution is -0.151. The molecule has 1 atom stereocenters. The second-order valence-electron chi connectivity index (χ2n) is 7.81. The van der Waals surface area contributed by atoms with Crippen LogP contribution in [-0.2, 0) is 32.0 Å². The molecule has 2 aliphatic heterocycles. The zero-order chi connectivity index (χ0) is 21.1. The Balaban J connectivity index is 1.34. The number of carbonyl (C=O) groups excluding carboxylic acids is 3. The van der Waals surface area contributed by atoms with Gasteiger partial charge in [-0.3, -0.25) is 14.4 Å². The third-order valence-electron chi connectivity index (χ3n) is 5.86. The number of para-hydroxylation sites is 1. The van der Waals surface area contributed by atoms with Gasteiger partial charge in [0.15, 0.2) is 6.61 Å². The van der Waals surface area contributed by atoms with Crippen molar-refractivity contribution in [1.29, 1.82) is 0 Å². The van der Waals surface area contributed by atoms with Gasteiger partial charge in [-0.25, -0.2) is 0 Å². The molecule has 0 aliphatic carbocycles. The average molecular weight is 406 g/mol. The van der Waals surface area contributed by atoms with Gasteiger partial charge >= 0.3 is 5.97 Å². The van der Waals surface area contributed by atoms with Crippen molar-refractivity contribution < 1.29 is 19.1 Å². The molecule has 30 heavy (non-hydrogen) atoms. The summed E-state index contributed by atoms with van der Waals surface area (Å²) in [6.45, 7) is 2.68. The molecule has 4 rings (SSSR count). The quantitative estimate of drug-likeness (QED) is 0.716. The number of esters is 1. The maximum Gasteiger partial charge on any atom is 0.311 e. The Bertz CT molecular complexity index is 954. The molecule has 0 aromatic heterocycles. The normalized spacial score (nSPS) is 18.3. The van der Waals surface area contributed by atoms with E-state index in [0.29, 0.717) is 6.54 Å². The Labute approximate surface area is 176 Å². The fraction of sp³-hybridized carbons (Fsp3) is 0.375.